The predicted molar refractivity (Wildman–Crippen MR) is 118 cm³/mol. The van der Waals surface area contributed by atoms with Gasteiger partial charge >= 0.3 is 0 Å². The van der Waals surface area contributed by atoms with E-state index in [9.17, 15) is 5.11 Å². The fourth-order valence-corrected chi connectivity index (χ4v) is 4.42. The van der Waals surface area contributed by atoms with Crippen molar-refractivity contribution in [3.05, 3.63) is 108 Å². The average molecular weight is 382 g/mol. The van der Waals surface area contributed by atoms with Crippen molar-refractivity contribution in [3.8, 4) is 11.8 Å². The molecule has 0 saturated carbocycles. The Kier molecular flexibility index (Phi) is 5.53. The SMILES string of the molecule is C[C@@H]1[C@H](c2ccccc2)N[C@@H](c2ccccc2)[C@@H](C)C1(O)C#Cc1ccccc1. The summed E-state index contributed by atoms with van der Waals surface area (Å²) in [4.78, 5) is 0. The Hall–Kier alpha value is -2.86. The molecule has 3 aromatic carbocycles. The van der Waals surface area contributed by atoms with Gasteiger partial charge in [-0.3, -0.25) is 0 Å². The first-order valence-electron chi connectivity index (χ1n) is 10.3. The molecule has 0 aliphatic carbocycles. The largest absolute Gasteiger partial charge is 0.377 e. The maximum atomic E-state index is 11.9. The summed E-state index contributed by atoms with van der Waals surface area (Å²) >= 11 is 0. The molecule has 3 aromatic rings. The van der Waals surface area contributed by atoms with Crippen molar-refractivity contribution in [2.24, 2.45) is 11.8 Å². The van der Waals surface area contributed by atoms with Crippen LogP contribution in [0.2, 0.25) is 0 Å². The summed E-state index contributed by atoms with van der Waals surface area (Å²) in [7, 11) is 0. The lowest BCUT2D eigenvalue weighted by Gasteiger charge is -2.49. The maximum absolute atomic E-state index is 11.9. The standard InChI is InChI=1S/C27H27NO/c1-20-25(23-14-8-4-9-15-23)28-26(24-16-10-5-11-17-24)21(2)27(20,29)19-18-22-12-6-3-7-13-22/h3-17,20-21,25-26,28-29H,1-2H3/t20-,21-,25-,26-/m1/s1. The average Bonchev–Trinajstić information content (AvgIpc) is 2.78. The highest BCUT2D eigenvalue weighted by Gasteiger charge is 2.50. The van der Waals surface area contributed by atoms with E-state index in [1.165, 1.54) is 11.1 Å². The zero-order valence-corrected chi connectivity index (χ0v) is 16.9. The minimum atomic E-state index is -1.12. The lowest BCUT2D eigenvalue weighted by molar-refractivity contribution is -0.0646. The summed E-state index contributed by atoms with van der Waals surface area (Å²) in [5.41, 5.74) is 2.15. The van der Waals surface area contributed by atoms with Gasteiger partial charge in [0.25, 0.3) is 0 Å². The zero-order valence-electron chi connectivity index (χ0n) is 16.9. The Morgan fingerprint density at radius 3 is 1.55 bits per heavy atom. The molecule has 0 radical (unpaired) electrons. The number of piperidine rings is 1. The first-order valence-corrected chi connectivity index (χ1v) is 10.3. The lowest BCUT2D eigenvalue weighted by atomic mass is 9.66. The number of rotatable bonds is 2. The van der Waals surface area contributed by atoms with Crippen LogP contribution in [0, 0.1) is 23.7 Å². The highest BCUT2D eigenvalue weighted by atomic mass is 16.3. The molecule has 1 heterocycles. The normalized spacial score (nSPS) is 28.9. The van der Waals surface area contributed by atoms with Crippen LogP contribution >= 0.6 is 0 Å². The number of benzene rings is 3. The van der Waals surface area contributed by atoms with Crippen LogP contribution < -0.4 is 5.32 Å². The van der Waals surface area contributed by atoms with E-state index >= 15 is 0 Å². The molecule has 1 aliphatic heterocycles. The van der Waals surface area contributed by atoms with Crippen LogP contribution in [0.15, 0.2) is 91.0 Å². The quantitative estimate of drug-likeness (QED) is 0.603. The molecule has 29 heavy (non-hydrogen) atoms. The molecular weight excluding hydrogens is 354 g/mol. The monoisotopic (exact) mass is 381 g/mol. The molecule has 1 fully saturated rings. The fourth-order valence-electron chi connectivity index (χ4n) is 4.42. The molecule has 0 spiro atoms. The second-order valence-corrected chi connectivity index (χ2v) is 7.96. The smallest absolute Gasteiger partial charge is 0.134 e. The Bertz CT molecular complexity index is 937. The van der Waals surface area contributed by atoms with E-state index in [1.54, 1.807) is 0 Å². The summed E-state index contributed by atoms with van der Waals surface area (Å²) in [6, 6.07) is 30.6. The highest BCUT2D eigenvalue weighted by molar-refractivity contribution is 5.39. The van der Waals surface area contributed by atoms with Gasteiger partial charge in [0.15, 0.2) is 0 Å². The Morgan fingerprint density at radius 1 is 0.690 bits per heavy atom. The summed E-state index contributed by atoms with van der Waals surface area (Å²) < 4.78 is 0. The molecule has 146 valence electrons. The number of nitrogens with one attached hydrogen (secondary N) is 1. The molecule has 2 nitrogen and oxygen atoms in total. The molecule has 1 saturated heterocycles. The molecule has 0 bridgehead atoms. The summed E-state index contributed by atoms with van der Waals surface area (Å²) in [5.74, 6) is 6.36. The minimum Gasteiger partial charge on any atom is -0.377 e. The van der Waals surface area contributed by atoms with E-state index < -0.39 is 5.60 Å². The molecule has 0 unspecified atom stereocenters. The van der Waals surface area contributed by atoms with Gasteiger partial charge in [0.2, 0.25) is 0 Å². The van der Waals surface area contributed by atoms with Gasteiger partial charge in [-0.25, -0.2) is 0 Å². The van der Waals surface area contributed by atoms with E-state index in [-0.39, 0.29) is 23.9 Å². The van der Waals surface area contributed by atoms with Gasteiger partial charge in [-0.05, 0) is 23.3 Å². The van der Waals surface area contributed by atoms with Gasteiger partial charge in [0, 0.05) is 29.5 Å². The van der Waals surface area contributed by atoms with Gasteiger partial charge in [-0.1, -0.05) is 105 Å². The van der Waals surface area contributed by atoms with Gasteiger partial charge < -0.3 is 10.4 Å². The predicted octanol–water partition coefficient (Wildman–Crippen LogP) is 5.13. The van der Waals surface area contributed by atoms with Crippen LogP contribution in [0.5, 0.6) is 0 Å². The second kappa shape index (κ2) is 8.25. The van der Waals surface area contributed by atoms with Crippen LogP contribution in [0.3, 0.4) is 0 Å². The topological polar surface area (TPSA) is 32.3 Å². The summed E-state index contributed by atoms with van der Waals surface area (Å²) in [5, 5.41) is 15.7. The van der Waals surface area contributed by atoms with Gasteiger partial charge in [-0.2, -0.15) is 0 Å². The molecule has 0 amide bonds. The van der Waals surface area contributed by atoms with Crippen molar-refractivity contribution >= 4 is 0 Å². The third kappa shape index (κ3) is 3.85. The zero-order chi connectivity index (χ0) is 20.3. The minimum absolute atomic E-state index is 0.00711. The third-order valence-corrected chi connectivity index (χ3v) is 6.25. The van der Waals surface area contributed by atoms with Crippen molar-refractivity contribution in [1.29, 1.82) is 0 Å². The van der Waals surface area contributed by atoms with Crippen LogP contribution in [-0.2, 0) is 0 Å². The lowest BCUT2D eigenvalue weighted by Crippen LogP contribution is -2.57. The van der Waals surface area contributed by atoms with Gasteiger partial charge in [0.1, 0.15) is 5.60 Å². The number of hydrogen-bond donors (Lipinski definition) is 2. The molecule has 2 heteroatoms. The Labute approximate surface area is 173 Å². The molecule has 4 atom stereocenters. The number of aliphatic hydroxyl groups is 1. The highest BCUT2D eigenvalue weighted by Crippen LogP contribution is 2.46. The van der Waals surface area contributed by atoms with E-state index in [4.69, 9.17) is 0 Å². The second-order valence-electron chi connectivity index (χ2n) is 7.96. The third-order valence-electron chi connectivity index (χ3n) is 6.25. The van der Waals surface area contributed by atoms with Crippen LogP contribution in [-0.4, -0.2) is 10.7 Å². The van der Waals surface area contributed by atoms with Crippen molar-refractivity contribution in [1.82, 2.24) is 5.32 Å². The maximum Gasteiger partial charge on any atom is 0.134 e. The first kappa shape index (κ1) is 19.5. The van der Waals surface area contributed by atoms with Gasteiger partial charge in [0.05, 0.1) is 0 Å². The molecular formula is C27H27NO. The molecule has 1 aliphatic rings. The van der Waals surface area contributed by atoms with Crippen LogP contribution in [0.1, 0.15) is 42.6 Å². The van der Waals surface area contributed by atoms with Crippen molar-refractivity contribution in [3.63, 3.8) is 0 Å². The van der Waals surface area contributed by atoms with E-state index in [0.717, 1.165) is 5.56 Å². The Morgan fingerprint density at radius 2 is 1.10 bits per heavy atom. The van der Waals surface area contributed by atoms with Crippen LogP contribution in [0.25, 0.3) is 0 Å². The first-order chi connectivity index (χ1) is 14.1. The summed E-state index contributed by atoms with van der Waals surface area (Å²) in [6.07, 6.45) is 0. The van der Waals surface area contributed by atoms with E-state index in [2.05, 4.69) is 55.3 Å². The van der Waals surface area contributed by atoms with Crippen LogP contribution in [0.4, 0.5) is 0 Å². The van der Waals surface area contributed by atoms with Crippen molar-refractivity contribution in [2.75, 3.05) is 0 Å². The van der Waals surface area contributed by atoms with Gasteiger partial charge in [-0.15, -0.1) is 0 Å². The Balaban J connectivity index is 1.78. The van der Waals surface area contributed by atoms with Crippen molar-refractivity contribution in [2.45, 2.75) is 31.5 Å². The van der Waals surface area contributed by atoms with Crippen molar-refractivity contribution < 1.29 is 5.11 Å². The molecule has 4 rings (SSSR count). The van der Waals surface area contributed by atoms with E-state index in [1.807, 2.05) is 66.7 Å². The number of hydrogen-bond acceptors (Lipinski definition) is 2. The molecule has 2 N–H and O–H groups in total. The molecule has 0 aromatic heterocycles. The van der Waals surface area contributed by atoms with E-state index in [0.29, 0.717) is 0 Å². The fraction of sp³-hybridized carbons (Fsp3) is 0.259. The summed E-state index contributed by atoms with van der Waals surface area (Å²) in [6.45, 7) is 4.20.